The second kappa shape index (κ2) is 16.0. The minimum atomic E-state index is -3.18. The monoisotopic (exact) mass is 699 g/mol. The van der Waals surface area contributed by atoms with Gasteiger partial charge in [-0.05, 0) is 67.0 Å². The molecule has 3 fully saturated rings. The van der Waals surface area contributed by atoms with Crippen LogP contribution < -0.4 is 0 Å². The molecule has 3 aliphatic heterocycles. The Morgan fingerprint density at radius 1 is 1.10 bits per heavy atom. The number of halogens is 1. The molecule has 0 saturated carbocycles. The molecular weight excluding hydrogens is 641 g/mol. The summed E-state index contributed by atoms with van der Waals surface area (Å²) in [6.45, 7) is 13.3. The average molecular weight is 700 g/mol. The second-order valence-corrected chi connectivity index (χ2v) is 14.9. The summed E-state index contributed by atoms with van der Waals surface area (Å²) in [7, 11) is 3.63. The Morgan fingerprint density at radius 3 is 2.31 bits per heavy atom. The number of cyclic esters (lactones) is 1. The van der Waals surface area contributed by atoms with Crippen LogP contribution in [0.5, 0.6) is 0 Å². The van der Waals surface area contributed by atoms with E-state index >= 15 is 4.39 Å². The summed E-state index contributed by atoms with van der Waals surface area (Å²) < 4.78 is 47.4. The van der Waals surface area contributed by atoms with E-state index < -0.39 is 83.0 Å². The van der Waals surface area contributed by atoms with Gasteiger partial charge in [-0.2, -0.15) is 0 Å². The summed E-state index contributed by atoms with van der Waals surface area (Å²) in [4.78, 5) is 46.9. The Kier molecular flexibility index (Phi) is 13.5. The average Bonchev–Trinajstić information content (AvgIpc) is 3.04. The van der Waals surface area contributed by atoms with Crippen molar-refractivity contribution in [2.75, 3.05) is 27.3 Å². The van der Waals surface area contributed by atoms with E-state index in [1.165, 1.54) is 13.8 Å². The maximum Gasteiger partial charge on any atom is 0.351 e. The third-order valence-corrected chi connectivity index (χ3v) is 10.4. The first-order valence-electron chi connectivity index (χ1n) is 17.4. The van der Waals surface area contributed by atoms with Crippen LogP contribution in [-0.4, -0.2) is 131 Å². The summed E-state index contributed by atoms with van der Waals surface area (Å²) in [6, 6.07) is -0.374. The Hall–Kier alpha value is -2.20. The summed E-state index contributed by atoms with van der Waals surface area (Å²) in [5, 5.41) is 32.2. The number of aliphatic imine (C=N–C) groups is 1. The fraction of sp³-hybridized carbons (Fsp3) is 0.857. The Bertz CT molecular complexity index is 1260. The van der Waals surface area contributed by atoms with E-state index in [1.807, 2.05) is 32.8 Å². The molecule has 49 heavy (non-hydrogen) atoms. The number of hydrogen-bond donors (Lipinski definition) is 3. The van der Waals surface area contributed by atoms with E-state index in [1.54, 1.807) is 27.7 Å². The fourth-order valence-electron chi connectivity index (χ4n) is 7.61. The number of aliphatic hydroxyl groups excluding tert-OH is 1. The first kappa shape index (κ1) is 41.2. The number of esters is 1. The lowest BCUT2D eigenvalue weighted by Crippen LogP contribution is -2.61. The highest BCUT2D eigenvalue weighted by Crippen LogP contribution is 2.41. The highest BCUT2D eigenvalue weighted by molar-refractivity contribution is 6.08. The molecule has 0 aromatic heterocycles. The number of ether oxygens (including phenoxy) is 5. The Balaban J connectivity index is 2.34. The maximum absolute atomic E-state index is 16.6. The van der Waals surface area contributed by atoms with Gasteiger partial charge in [-0.3, -0.25) is 9.59 Å². The van der Waals surface area contributed by atoms with Crippen LogP contribution in [0, 0.1) is 23.2 Å². The lowest BCUT2D eigenvalue weighted by atomic mass is 9.73. The van der Waals surface area contributed by atoms with Gasteiger partial charge in [0.05, 0.1) is 42.8 Å². The van der Waals surface area contributed by atoms with Gasteiger partial charge in [0.15, 0.2) is 12.1 Å². The van der Waals surface area contributed by atoms with Crippen LogP contribution in [0.25, 0.3) is 0 Å². The van der Waals surface area contributed by atoms with Crippen LogP contribution in [0.3, 0.4) is 0 Å². The summed E-state index contributed by atoms with van der Waals surface area (Å²) in [5.74, 6) is -5.82. The topological polar surface area (TPSA) is 177 Å². The number of hydrogen-bond acceptors (Lipinski definition) is 12. The lowest BCUT2D eigenvalue weighted by molar-refractivity contribution is -0.296. The van der Waals surface area contributed by atoms with Crippen molar-refractivity contribution in [1.82, 2.24) is 4.90 Å². The molecule has 3 saturated heterocycles. The van der Waals surface area contributed by atoms with E-state index in [0.29, 0.717) is 12.1 Å². The molecule has 0 spiro atoms. The van der Waals surface area contributed by atoms with Crippen molar-refractivity contribution in [3.63, 3.8) is 0 Å². The number of carbonyl (C=O) groups excluding carboxylic acids is 3. The normalized spacial score (nSPS) is 44.2. The quantitative estimate of drug-likeness (QED) is 0.284. The molecule has 2 bridgehead atoms. The molecule has 3 aliphatic rings. The van der Waals surface area contributed by atoms with Gasteiger partial charge in [0.2, 0.25) is 5.91 Å². The third kappa shape index (κ3) is 8.82. The first-order chi connectivity index (χ1) is 22.6. The van der Waals surface area contributed by atoms with E-state index in [2.05, 4.69) is 4.99 Å². The molecular formula is C35H58FN3O10. The largest absolute Gasteiger partial charge is 0.457 e. The number of nitrogens with one attached hydrogen (secondary N) is 1. The zero-order valence-corrected chi connectivity index (χ0v) is 30.9. The molecule has 280 valence electrons. The fourth-order valence-corrected chi connectivity index (χ4v) is 7.61. The second-order valence-electron chi connectivity index (χ2n) is 14.9. The molecule has 3 rings (SSSR count). The Morgan fingerprint density at radius 2 is 1.73 bits per heavy atom. The summed E-state index contributed by atoms with van der Waals surface area (Å²) >= 11 is 0. The number of rotatable bonds is 5. The predicted molar refractivity (Wildman–Crippen MR) is 179 cm³/mol. The Labute approximate surface area is 289 Å². The molecule has 1 amide bonds. The van der Waals surface area contributed by atoms with E-state index in [0.717, 1.165) is 6.92 Å². The number of fused-ring (bicyclic) bond motifs is 5. The van der Waals surface area contributed by atoms with Crippen LogP contribution in [-0.2, 0) is 38.1 Å². The zero-order chi connectivity index (χ0) is 37.2. The third-order valence-electron chi connectivity index (χ3n) is 10.4. The number of amides is 1. The van der Waals surface area contributed by atoms with Gasteiger partial charge in [0, 0.05) is 30.0 Å². The molecule has 0 unspecified atom stereocenters. The standard InChI is InChI=1S/C35H58FN3O10/c1-12-24-35(9,44)30-20(5)26(38-25(40)13-2)18(3)15-33(7,46-17-22(37)16-45-30)29(21(6)28(42)34(8,36)32(43)48-24)49-31-27(41)23(39(10)11)14-19(4)47-31/h18-21,23-24,27,29-31,37,41,44H,12-17H2,1-11H3/b37-22?,38-26+/t18-,19-,20+,21+,23+,24-,27-,29-,30-,31+,33-,34+,35-/m1/s1. The lowest BCUT2D eigenvalue weighted by Gasteiger charge is -2.47. The summed E-state index contributed by atoms with van der Waals surface area (Å²) in [5.41, 5.74) is -6.33. The number of ketones is 1. The molecule has 13 nitrogen and oxygen atoms in total. The number of alkyl halides is 1. The van der Waals surface area contributed by atoms with Crippen molar-refractivity contribution in [2.24, 2.45) is 22.7 Å². The van der Waals surface area contributed by atoms with Gasteiger partial charge >= 0.3 is 5.97 Å². The van der Waals surface area contributed by atoms with Gasteiger partial charge < -0.3 is 44.2 Å². The molecule has 13 atom stereocenters. The highest BCUT2D eigenvalue weighted by Gasteiger charge is 2.56. The zero-order valence-electron chi connectivity index (χ0n) is 30.9. The van der Waals surface area contributed by atoms with Crippen molar-refractivity contribution in [3.8, 4) is 0 Å². The minimum absolute atomic E-state index is 0.0138. The molecule has 14 heteroatoms. The van der Waals surface area contributed by atoms with Crippen molar-refractivity contribution in [2.45, 2.75) is 148 Å². The number of carbonyl (C=O) groups is 3. The van der Waals surface area contributed by atoms with Gasteiger partial charge in [-0.25, -0.2) is 14.2 Å². The molecule has 0 radical (unpaired) electrons. The van der Waals surface area contributed by atoms with Crippen LogP contribution in [0.2, 0.25) is 0 Å². The number of Topliss-reactive ketones (excluding diaryl/α,β-unsaturated/α-hetero) is 1. The van der Waals surface area contributed by atoms with Gasteiger partial charge in [-0.1, -0.05) is 34.6 Å². The van der Waals surface area contributed by atoms with Gasteiger partial charge in [0.25, 0.3) is 5.67 Å². The van der Waals surface area contributed by atoms with E-state index in [4.69, 9.17) is 29.1 Å². The van der Waals surface area contributed by atoms with Crippen molar-refractivity contribution in [1.29, 1.82) is 5.41 Å². The van der Waals surface area contributed by atoms with Crippen molar-refractivity contribution >= 4 is 29.1 Å². The maximum atomic E-state index is 16.6. The van der Waals surface area contributed by atoms with E-state index in [-0.39, 0.29) is 50.3 Å². The SMILES string of the molecule is CCC(=O)/N=C1\[C@H](C)C[C@@]2(C)OCC(=N)CO[C@H]([C@H]1C)[C@](C)(O)[C@@H](CC)OC(=O)[C@@](C)(F)C(=O)[C@H](C)[C@H]2O[C@@H]1O[C@H](C)C[C@H](N(C)C)[C@H]1O. The number of likely N-dealkylation sites (N-methyl/N-ethyl adjacent to an activating group) is 1. The van der Waals surface area contributed by atoms with E-state index in [9.17, 15) is 24.6 Å². The highest BCUT2D eigenvalue weighted by atomic mass is 19.1. The number of nitrogens with zero attached hydrogens (tertiary/aromatic N) is 2. The minimum Gasteiger partial charge on any atom is -0.457 e. The van der Waals surface area contributed by atoms with Crippen molar-refractivity contribution < 1.29 is 52.7 Å². The predicted octanol–water partition coefficient (Wildman–Crippen LogP) is 3.05. The molecule has 3 heterocycles. The molecule has 3 N–H and O–H groups in total. The van der Waals surface area contributed by atoms with Crippen LogP contribution in [0.1, 0.15) is 88.0 Å². The molecule has 0 aliphatic carbocycles. The molecule has 0 aromatic rings. The number of aliphatic hydroxyl groups is 2. The van der Waals surface area contributed by atoms with Crippen LogP contribution in [0.15, 0.2) is 4.99 Å². The molecule has 0 aromatic carbocycles. The van der Waals surface area contributed by atoms with Gasteiger partial charge in [-0.15, -0.1) is 0 Å². The first-order valence-corrected chi connectivity index (χ1v) is 17.4. The summed E-state index contributed by atoms with van der Waals surface area (Å²) in [6.07, 6.45) is -6.04. The van der Waals surface area contributed by atoms with Crippen LogP contribution >= 0.6 is 0 Å². The van der Waals surface area contributed by atoms with Gasteiger partial charge in [0.1, 0.15) is 17.8 Å². The smallest absolute Gasteiger partial charge is 0.351 e. The van der Waals surface area contributed by atoms with Crippen molar-refractivity contribution in [3.05, 3.63) is 0 Å². The van der Waals surface area contributed by atoms with Crippen LogP contribution in [0.4, 0.5) is 4.39 Å².